The number of morpholine rings is 1. The van der Waals surface area contributed by atoms with Crippen molar-refractivity contribution >= 4 is 0 Å². The average molecular weight is 229 g/mol. The molecule has 0 saturated carbocycles. The van der Waals surface area contributed by atoms with Gasteiger partial charge in [-0.3, -0.25) is 4.90 Å². The van der Waals surface area contributed by atoms with Crippen LogP contribution >= 0.6 is 0 Å². The summed E-state index contributed by atoms with van der Waals surface area (Å²) in [6.07, 6.45) is 2.29. The summed E-state index contributed by atoms with van der Waals surface area (Å²) in [5.74, 6) is 0. The molecule has 0 radical (unpaired) electrons. The Labute approximate surface area is 97.5 Å². The molecule has 2 fully saturated rings. The Morgan fingerprint density at radius 2 is 2.06 bits per heavy atom. The Morgan fingerprint density at radius 1 is 1.31 bits per heavy atom. The molecule has 0 aliphatic carbocycles. The number of nitrogens with zero attached hydrogens (tertiary/aromatic N) is 1. The van der Waals surface area contributed by atoms with Crippen LogP contribution in [0.15, 0.2) is 0 Å². The largest absolute Gasteiger partial charge is 0.396 e. The molecule has 4 heteroatoms. The number of aliphatic hydroxyl groups excluding tert-OH is 1. The SMILES string of the molecule is CC1CN(CC2(CO)CCOCC2)CCO1. The lowest BCUT2D eigenvalue weighted by molar-refractivity contribution is -0.0684. The molecule has 4 nitrogen and oxygen atoms in total. The quantitative estimate of drug-likeness (QED) is 0.765. The van der Waals surface area contributed by atoms with E-state index in [-0.39, 0.29) is 12.0 Å². The zero-order chi connectivity index (χ0) is 11.4. The van der Waals surface area contributed by atoms with Crippen LogP contribution in [0.2, 0.25) is 0 Å². The highest BCUT2D eigenvalue weighted by molar-refractivity contribution is 4.86. The smallest absolute Gasteiger partial charge is 0.0674 e. The Bertz CT molecular complexity index is 216. The van der Waals surface area contributed by atoms with Gasteiger partial charge in [-0.1, -0.05) is 0 Å². The van der Waals surface area contributed by atoms with E-state index in [9.17, 15) is 5.11 Å². The van der Waals surface area contributed by atoms with Gasteiger partial charge in [-0.25, -0.2) is 0 Å². The molecule has 1 N–H and O–H groups in total. The maximum Gasteiger partial charge on any atom is 0.0674 e. The predicted molar refractivity (Wildman–Crippen MR) is 61.4 cm³/mol. The van der Waals surface area contributed by atoms with Gasteiger partial charge in [-0.15, -0.1) is 0 Å². The summed E-state index contributed by atoms with van der Waals surface area (Å²) in [5, 5.41) is 9.62. The van der Waals surface area contributed by atoms with E-state index < -0.39 is 0 Å². The van der Waals surface area contributed by atoms with Gasteiger partial charge in [0.05, 0.1) is 19.3 Å². The minimum Gasteiger partial charge on any atom is -0.396 e. The van der Waals surface area contributed by atoms with Crippen molar-refractivity contribution in [1.29, 1.82) is 0 Å². The molecule has 0 aromatic carbocycles. The van der Waals surface area contributed by atoms with Gasteiger partial charge >= 0.3 is 0 Å². The highest BCUT2D eigenvalue weighted by Crippen LogP contribution is 2.31. The Morgan fingerprint density at radius 3 is 2.69 bits per heavy atom. The first-order chi connectivity index (χ1) is 7.74. The lowest BCUT2D eigenvalue weighted by atomic mass is 9.80. The molecule has 2 saturated heterocycles. The summed E-state index contributed by atoms with van der Waals surface area (Å²) in [6.45, 7) is 7.76. The predicted octanol–water partition coefficient (Wildman–Crippen LogP) is 0.496. The Hall–Kier alpha value is -0.160. The number of rotatable bonds is 3. The van der Waals surface area contributed by atoms with Gasteiger partial charge in [-0.2, -0.15) is 0 Å². The molecule has 2 aliphatic heterocycles. The standard InChI is InChI=1S/C12H23NO3/c1-11-8-13(4-7-16-11)9-12(10-14)2-5-15-6-3-12/h11,14H,2-10H2,1H3. The highest BCUT2D eigenvalue weighted by Gasteiger charge is 2.34. The van der Waals surface area contributed by atoms with E-state index in [2.05, 4.69) is 11.8 Å². The third-order valence-electron chi connectivity index (χ3n) is 3.77. The van der Waals surface area contributed by atoms with Crippen molar-refractivity contribution in [2.45, 2.75) is 25.9 Å². The molecular weight excluding hydrogens is 206 g/mol. The highest BCUT2D eigenvalue weighted by atomic mass is 16.5. The zero-order valence-electron chi connectivity index (χ0n) is 10.2. The number of hydrogen-bond acceptors (Lipinski definition) is 4. The summed E-state index contributed by atoms with van der Waals surface area (Å²) in [5.41, 5.74) is 0.0648. The van der Waals surface area contributed by atoms with Crippen molar-refractivity contribution in [3.8, 4) is 0 Å². The first kappa shape index (κ1) is 12.3. The molecule has 94 valence electrons. The topological polar surface area (TPSA) is 41.9 Å². The minimum absolute atomic E-state index is 0.0648. The van der Waals surface area contributed by atoms with E-state index in [4.69, 9.17) is 9.47 Å². The second kappa shape index (κ2) is 5.45. The van der Waals surface area contributed by atoms with Crippen LogP contribution in [0, 0.1) is 5.41 Å². The molecule has 0 aromatic rings. The van der Waals surface area contributed by atoms with Crippen molar-refractivity contribution in [2.24, 2.45) is 5.41 Å². The second-order valence-corrected chi connectivity index (χ2v) is 5.19. The second-order valence-electron chi connectivity index (χ2n) is 5.19. The van der Waals surface area contributed by atoms with Crippen molar-refractivity contribution < 1.29 is 14.6 Å². The maximum absolute atomic E-state index is 9.62. The fraction of sp³-hybridized carbons (Fsp3) is 1.00. The first-order valence-corrected chi connectivity index (χ1v) is 6.27. The molecule has 2 aliphatic rings. The van der Waals surface area contributed by atoms with E-state index in [0.717, 1.165) is 52.3 Å². The fourth-order valence-corrected chi connectivity index (χ4v) is 2.68. The first-order valence-electron chi connectivity index (χ1n) is 6.27. The van der Waals surface area contributed by atoms with Gasteiger partial charge in [0, 0.05) is 38.3 Å². The maximum atomic E-state index is 9.62. The summed E-state index contributed by atoms with van der Waals surface area (Å²) >= 11 is 0. The Balaban J connectivity index is 1.89. The molecule has 2 heterocycles. The average Bonchev–Trinajstić information content (AvgIpc) is 2.30. The third kappa shape index (κ3) is 2.94. The van der Waals surface area contributed by atoms with E-state index in [0.29, 0.717) is 6.10 Å². The molecular formula is C12H23NO3. The van der Waals surface area contributed by atoms with Crippen LogP contribution in [-0.2, 0) is 9.47 Å². The van der Waals surface area contributed by atoms with Crippen LogP contribution in [0.4, 0.5) is 0 Å². The molecule has 16 heavy (non-hydrogen) atoms. The molecule has 1 atom stereocenters. The van der Waals surface area contributed by atoms with Crippen LogP contribution in [0.3, 0.4) is 0 Å². The molecule has 0 amide bonds. The zero-order valence-corrected chi connectivity index (χ0v) is 10.2. The van der Waals surface area contributed by atoms with E-state index in [1.54, 1.807) is 0 Å². The van der Waals surface area contributed by atoms with Crippen molar-refractivity contribution in [3.63, 3.8) is 0 Å². The van der Waals surface area contributed by atoms with Gasteiger partial charge in [0.15, 0.2) is 0 Å². The number of hydrogen-bond donors (Lipinski definition) is 1. The molecule has 2 rings (SSSR count). The monoisotopic (exact) mass is 229 g/mol. The summed E-state index contributed by atoms with van der Waals surface area (Å²) < 4.78 is 10.9. The summed E-state index contributed by atoms with van der Waals surface area (Å²) in [4.78, 5) is 2.43. The molecule has 0 aromatic heterocycles. The van der Waals surface area contributed by atoms with Crippen molar-refractivity contribution in [1.82, 2.24) is 4.90 Å². The minimum atomic E-state index is 0.0648. The molecule has 1 unspecified atom stereocenters. The van der Waals surface area contributed by atoms with Crippen molar-refractivity contribution in [2.75, 3.05) is 46.1 Å². The van der Waals surface area contributed by atoms with Gasteiger partial charge in [0.2, 0.25) is 0 Å². The van der Waals surface area contributed by atoms with E-state index >= 15 is 0 Å². The van der Waals surface area contributed by atoms with E-state index in [1.165, 1.54) is 0 Å². The Kier molecular flexibility index (Phi) is 4.19. The lowest BCUT2D eigenvalue weighted by Gasteiger charge is -2.41. The fourth-order valence-electron chi connectivity index (χ4n) is 2.68. The van der Waals surface area contributed by atoms with Crippen molar-refractivity contribution in [3.05, 3.63) is 0 Å². The van der Waals surface area contributed by atoms with Gasteiger partial charge in [0.25, 0.3) is 0 Å². The van der Waals surface area contributed by atoms with Gasteiger partial charge in [-0.05, 0) is 19.8 Å². The summed E-state index contributed by atoms with van der Waals surface area (Å²) in [6, 6.07) is 0. The third-order valence-corrected chi connectivity index (χ3v) is 3.77. The van der Waals surface area contributed by atoms with Crippen LogP contribution in [0.5, 0.6) is 0 Å². The summed E-state index contributed by atoms with van der Waals surface area (Å²) in [7, 11) is 0. The van der Waals surface area contributed by atoms with Crippen LogP contribution < -0.4 is 0 Å². The van der Waals surface area contributed by atoms with Crippen LogP contribution in [0.1, 0.15) is 19.8 Å². The van der Waals surface area contributed by atoms with E-state index in [1.807, 2.05) is 0 Å². The van der Waals surface area contributed by atoms with Crippen LogP contribution in [-0.4, -0.2) is 62.2 Å². The van der Waals surface area contributed by atoms with Gasteiger partial charge in [0.1, 0.15) is 0 Å². The normalized spacial score (nSPS) is 31.5. The molecule has 0 spiro atoms. The van der Waals surface area contributed by atoms with Crippen LogP contribution in [0.25, 0.3) is 0 Å². The number of ether oxygens (including phenoxy) is 2. The molecule has 0 bridgehead atoms. The lowest BCUT2D eigenvalue weighted by Crippen LogP contribution is -2.49. The van der Waals surface area contributed by atoms with Gasteiger partial charge < -0.3 is 14.6 Å². The number of aliphatic hydroxyl groups is 1.